The summed E-state index contributed by atoms with van der Waals surface area (Å²) in [7, 11) is -6.08. The van der Waals surface area contributed by atoms with Crippen LogP contribution in [0, 0.1) is 0 Å². The first-order chi connectivity index (χ1) is 11.8. The molecule has 0 aromatic heterocycles. The van der Waals surface area contributed by atoms with E-state index in [1.165, 1.54) is 0 Å². The molecule has 2 aliphatic rings. The molecule has 2 rings (SSSR count). The van der Waals surface area contributed by atoms with Crippen molar-refractivity contribution >= 4 is 25.5 Å². The van der Waals surface area contributed by atoms with Crippen LogP contribution in [0.1, 0.15) is 40.5 Å². The van der Waals surface area contributed by atoms with Gasteiger partial charge in [-0.3, -0.25) is 14.6 Å². The van der Waals surface area contributed by atoms with E-state index in [1.54, 1.807) is 0 Å². The van der Waals surface area contributed by atoms with Crippen molar-refractivity contribution in [3.63, 3.8) is 0 Å². The Hall–Kier alpha value is -0.510. The van der Waals surface area contributed by atoms with Gasteiger partial charge in [0.2, 0.25) is 0 Å². The van der Waals surface area contributed by atoms with Gasteiger partial charge in [-0.15, -0.1) is 0 Å². The number of hydrogen-bond acceptors (Lipinski definition) is 7. The molecule has 2 aliphatic heterocycles. The Morgan fingerprint density at radius 2 is 1.15 bits per heavy atom. The molecule has 0 aromatic carbocycles. The van der Waals surface area contributed by atoms with Gasteiger partial charge in [0.25, 0.3) is 0 Å². The van der Waals surface area contributed by atoms with E-state index in [2.05, 4.69) is 0 Å². The average Bonchev–Trinajstić information content (AvgIpc) is 2.98. The Labute approximate surface area is 157 Å². The van der Waals surface area contributed by atoms with Crippen LogP contribution >= 0.6 is 0 Å². The zero-order valence-corrected chi connectivity index (χ0v) is 18.0. The fraction of sp³-hybridized carbons (Fsp3) is 0.941. The molecule has 152 valence electrons. The van der Waals surface area contributed by atoms with Crippen LogP contribution in [0.15, 0.2) is 0 Å². The average molecular weight is 409 g/mol. The molecule has 2 atom stereocenters. The highest BCUT2D eigenvalue weighted by molar-refractivity contribution is 7.92. The van der Waals surface area contributed by atoms with Crippen molar-refractivity contribution in [3.05, 3.63) is 0 Å². The zero-order chi connectivity index (χ0) is 19.8. The van der Waals surface area contributed by atoms with Crippen LogP contribution < -0.4 is 0 Å². The second-order valence-corrected chi connectivity index (χ2v) is 12.6. The second-order valence-electron chi connectivity index (χ2n) is 8.24. The lowest BCUT2D eigenvalue weighted by molar-refractivity contribution is -0.123. The first-order valence-corrected chi connectivity index (χ1v) is 12.9. The largest absolute Gasteiger partial charge is 0.297 e. The predicted octanol–water partition coefficient (Wildman–Crippen LogP) is 0.354. The van der Waals surface area contributed by atoms with Gasteiger partial charge in [-0.25, -0.2) is 16.8 Å². The SMILES string of the molecule is CCN(CC(=O)CN(CC)[C@]1(C)CCS(=O)(=O)C1)[C@@]1(C)CCS(=O)(=O)C1. The minimum absolute atomic E-state index is 0.00439. The molecular formula is C17H32N2O5S2. The maximum Gasteiger partial charge on any atom is 0.160 e. The van der Waals surface area contributed by atoms with Crippen molar-refractivity contribution in [2.24, 2.45) is 0 Å². The quantitative estimate of drug-likeness (QED) is 0.572. The van der Waals surface area contributed by atoms with Crippen molar-refractivity contribution in [1.29, 1.82) is 0 Å². The topological polar surface area (TPSA) is 91.8 Å². The van der Waals surface area contributed by atoms with Gasteiger partial charge in [-0.05, 0) is 39.8 Å². The number of carbonyl (C=O) groups excluding carboxylic acids is 1. The first-order valence-electron chi connectivity index (χ1n) is 9.27. The third-order valence-corrected chi connectivity index (χ3v) is 9.77. The lowest BCUT2D eigenvalue weighted by Gasteiger charge is -2.39. The molecule has 0 N–H and O–H groups in total. The number of likely N-dealkylation sites (N-methyl/N-ethyl adjacent to an activating group) is 2. The molecule has 9 heteroatoms. The standard InChI is InChI=1S/C17H32N2O5S2/c1-5-18(16(3)7-9-25(21,22)13-16)11-15(20)12-19(6-2)17(4)8-10-26(23,24)14-17/h5-14H2,1-4H3/t16-,17+. The summed E-state index contributed by atoms with van der Waals surface area (Å²) in [6.07, 6.45) is 1.09. The van der Waals surface area contributed by atoms with Gasteiger partial charge >= 0.3 is 0 Å². The summed E-state index contributed by atoms with van der Waals surface area (Å²) in [6.45, 7) is 9.31. The molecule has 0 spiro atoms. The Morgan fingerprint density at radius 1 is 0.808 bits per heavy atom. The van der Waals surface area contributed by atoms with Crippen LogP contribution in [0.4, 0.5) is 0 Å². The summed E-state index contributed by atoms with van der Waals surface area (Å²) >= 11 is 0. The normalized spacial score (nSPS) is 33.2. The predicted molar refractivity (Wildman–Crippen MR) is 103 cm³/mol. The van der Waals surface area contributed by atoms with E-state index in [0.717, 1.165) is 0 Å². The van der Waals surface area contributed by atoms with E-state index in [0.29, 0.717) is 25.9 Å². The number of ketones is 1. The van der Waals surface area contributed by atoms with Crippen LogP contribution in [0.25, 0.3) is 0 Å². The third-order valence-electron chi connectivity index (χ3n) is 5.99. The molecule has 0 amide bonds. The van der Waals surface area contributed by atoms with Gasteiger partial charge in [0.15, 0.2) is 25.5 Å². The summed E-state index contributed by atoms with van der Waals surface area (Å²) in [5.41, 5.74) is -0.998. The van der Waals surface area contributed by atoms with Crippen LogP contribution in [0.5, 0.6) is 0 Å². The van der Waals surface area contributed by atoms with Gasteiger partial charge in [0.05, 0.1) is 36.1 Å². The fourth-order valence-corrected chi connectivity index (χ4v) is 8.67. The van der Waals surface area contributed by atoms with Crippen molar-refractivity contribution in [2.75, 3.05) is 49.2 Å². The van der Waals surface area contributed by atoms with E-state index < -0.39 is 30.8 Å². The summed E-state index contributed by atoms with van der Waals surface area (Å²) in [5.74, 6) is 0.532. The molecule has 0 aliphatic carbocycles. The number of carbonyl (C=O) groups is 1. The van der Waals surface area contributed by atoms with Crippen molar-refractivity contribution in [2.45, 2.75) is 51.6 Å². The van der Waals surface area contributed by atoms with Gasteiger partial charge < -0.3 is 0 Å². The highest BCUT2D eigenvalue weighted by Crippen LogP contribution is 2.31. The van der Waals surface area contributed by atoms with E-state index in [4.69, 9.17) is 0 Å². The highest BCUT2D eigenvalue weighted by Gasteiger charge is 2.44. The zero-order valence-electron chi connectivity index (χ0n) is 16.3. The Kier molecular flexibility index (Phi) is 6.27. The van der Waals surface area contributed by atoms with Crippen molar-refractivity contribution in [3.8, 4) is 0 Å². The van der Waals surface area contributed by atoms with E-state index in [-0.39, 0.29) is 41.9 Å². The van der Waals surface area contributed by atoms with Gasteiger partial charge in [0, 0.05) is 11.1 Å². The van der Waals surface area contributed by atoms with E-state index in [9.17, 15) is 21.6 Å². The molecule has 2 saturated heterocycles. The molecule has 26 heavy (non-hydrogen) atoms. The molecule has 7 nitrogen and oxygen atoms in total. The molecule has 2 fully saturated rings. The first kappa shape index (κ1) is 21.8. The minimum Gasteiger partial charge on any atom is -0.297 e. The molecule has 0 radical (unpaired) electrons. The number of hydrogen-bond donors (Lipinski definition) is 0. The number of Topliss-reactive ketones (excluding diaryl/α,β-unsaturated/α-hetero) is 1. The van der Waals surface area contributed by atoms with Gasteiger partial charge in [0.1, 0.15) is 0 Å². The second kappa shape index (κ2) is 7.48. The lowest BCUT2D eigenvalue weighted by atomic mass is 9.97. The van der Waals surface area contributed by atoms with Gasteiger partial charge in [-0.1, -0.05) is 13.8 Å². The van der Waals surface area contributed by atoms with Crippen LogP contribution in [0.3, 0.4) is 0 Å². The monoisotopic (exact) mass is 408 g/mol. The fourth-order valence-electron chi connectivity index (χ4n) is 4.33. The number of sulfone groups is 2. The van der Waals surface area contributed by atoms with E-state index in [1.807, 2.05) is 37.5 Å². The Balaban J connectivity index is 2.04. The lowest BCUT2D eigenvalue weighted by Crippen LogP contribution is -2.53. The number of rotatable bonds is 8. The van der Waals surface area contributed by atoms with Crippen molar-refractivity contribution in [1.82, 2.24) is 9.80 Å². The smallest absolute Gasteiger partial charge is 0.160 e. The number of nitrogens with zero attached hydrogens (tertiary/aromatic N) is 2. The highest BCUT2D eigenvalue weighted by atomic mass is 32.2. The van der Waals surface area contributed by atoms with Gasteiger partial charge in [-0.2, -0.15) is 0 Å². The molecule has 2 heterocycles. The summed E-state index contributed by atoms with van der Waals surface area (Å²) in [6, 6.07) is 0. The third kappa shape index (κ3) is 4.85. The van der Waals surface area contributed by atoms with Crippen LogP contribution in [0.2, 0.25) is 0 Å². The molecule has 0 saturated carbocycles. The van der Waals surface area contributed by atoms with Crippen molar-refractivity contribution < 1.29 is 21.6 Å². The van der Waals surface area contributed by atoms with Crippen LogP contribution in [-0.2, 0) is 24.5 Å². The summed E-state index contributed by atoms with van der Waals surface area (Å²) in [5, 5.41) is 0. The minimum atomic E-state index is -3.04. The molecule has 0 aromatic rings. The summed E-state index contributed by atoms with van der Waals surface area (Å²) in [4.78, 5) is 16.6. The molecule has 0 unspecified atom stereocenters. The maximum absolute atomic E-state index is 12.7. The van der Waals surface area contributed by atoms with E-state index >= 15 is 0 Å². The van der Waals surface area contributed by atoms with Crippen LogP contribution in [-0.4, -0.2) is 92.7 Å². The summed E-state index contributed by atoms with van der Waals surface area (Å²) < 4.78 is 47.5. The molecule has 0 bridgehead atoms. The Morgan fingerprint density at radius 3 is 1.38 bits per heavy atom. The maximum atomic E-state index is 12.7. The Bertz CT molecular complexity index is 687. The molecular weight excluding hydrogens is 376 g/mol.